The number of ether oxygens (including phenoxy) is 2. The average molecular weight is 394 g/mol. The Morgan fingerprint density at radius 3 is 2.66 bits per heavy atom. The molecular formula is C23H26N2O4. The van der Waals surface area contributed by atoms with Gasteiger partial charge in [0, 0.05) is 12.0 Å². The second-order valence-electron chi connectivity index (χ2n) is 7.66. The number of rotatable bonds is 5. The van der Waals surface area contributed by atoms with Crippen LogP contribution < -0.4 is 10.1 Å². The number of para-hydroxylation sites is 1. The van der Waals surface area contributed by atoms with Gasteiger partial charge in [0.1, 0.15) is 11.9 Å². The van der Waals surface area contributed by atoms with Crippen LogP contribution in [0.3, 0.4) is 0 Å². The summed E-state index contributed by atoms with van der Waals surface area (Å²) in [6.07, 6.45) is 2.54. The molecule has 1 saturated carbocycles. The number of nitrogens with one attached hydrogen (secondary N) is 1. The van der Waals surface area contributed by atoms with Gasteiger partial charge in [0.05, 0.1) is 25.7 Å². The van der Waals surface area contributed by atoms with Gasteiger partial charge in [0.2, 0.25) is 5.90 Å². The standard InChI is InChI=1S/C23H26N2O4/c1-27-19-11-7-6-10-17(19)21(26)24-15-23(16-8-4-3-5-9-16)13-12-18-20(14-23)29-25-22(18)28-2/h3-11,18,20H,12-15H2,1-2H3,(H,24,26)/t18?,20-,23-/m0/s1. The molecule has 1 amide bonds. The second kappa shape index (κ2) is 8.15. The molecule has 0 saturated heterocycles. The van der Waals surface area contributed by atoms with Crippen molar-refractivity contribution in [3.05, 3.63) is 65.7 Å². The number of fused-ring (bicyclic) bond motifs is 1. The minimum absolute atomic E-state index is 0.0398. The molecule has 1 N–H and O–H groups in total. The van der Waals surface area contributed by atoms with Crippen LogP contribution in [0.2, 0.25) is 0 Å². The van der Waals surface area contributed by atoms with Crippen LogP contribution in [0.1, 0.15) is 35.2 Å². The number of carbonyl (C=O) groups excluding carboxylic acids is 1. The highest BCUT2D eigenvalue weighted by Crippen LogP contribution is 2.45. The third-order valence-corrected chi connectivity index (χ3v) is 6.10. The van der Waals surface area contributed by atoms with Gasteiger partial charge in [-0.2, -0.15) is 0 Å². The molecule has 152 valence electrons. The number of benzene rings is 2. The molecule has 3 atom stereocenters. The maximum atomic E-state index is 12.9. The molecule has 6 nitrogen and oxygen atoms in total. The molecule has 1 unspecified atom stereocenters. The highest BCUT2D eigenvalue weighted by Gasteiger charge is 2.48. The summed E-state index contributed by atoms with van der Waals surface area (Å²) in [5.41, 5.74) is 1.51. The first-order valence-electron chi connectivity index (χ1n) is 9.91. The number of oxime groups is 1. The van der Waals surface area contributed by atoms with Gasteiger partial charge in [-0.05, 0) is 37.0 Å². The fourth-order valence-corrected chi connectivity index (χ4v) is 4.51. The van der Waals surface area contributed by atoms with Crippen LogP contribution in [0.15, 0.2) is 59.8 Å². The molecule has 1 fully saturated rings. The van der Waals surface area contributed by atoms with E-state index in [0.29, 0.717) is 23.8 Å². The van der Waals surface area contributed by atoms with E-state index < -0.39 is 0 Å². The number of nitrogens with zero attached hydrogens (tertiary/aromatic N) is 1. The molecule has 0 aromatic heterocycles. The first kappa shape index (κ1) is 19.3. The zero-order valence-corrected chi connectivity index (χ0v) is 16.8. The Morgan fingerprint density at radius 2 is 1.90 bits per heavy atom. The smallest absolute Gasteiger partial charge is 0.255 e. The normalized spacial score (nSPS) is 25.4. The van der Waals surface area contributed by atoms with Crippen LogP contribution >= 0.6 is 0 Å². The van der Waals surface area contributed by atoms with Crippen molar-refractivity contribution in [1.82, 2.24) is 5.32 Å². The summed E-state index contributed by atoms with van der Waals surface area (Å²) in [7, 11) is 3.21. The Morgan fingerprint density at radius 1 is 1.14 bits per heavy atom. The minimum atomic E-state index is -0.223. The lowest BCUT2D eigenvalue weighted by Crippen LogP contribution is -2.48. The molecule has 6 heteroatoms. The molecule has 2 aromatic carbocycles. The van der Waals surface area contributed by atoms with Crippen molar-refractivity contribution in [2.24, 2.45) is 11.1 Å². The topological polar surface area (TPSA) is 69.2 Å². The van der Waals surface area contributed by atoms with Crippen molar-refractivity contribution in [3.8, 4) is 5.75 Å². The second-order valence-corrected chi connectivity index (χ2v) is 7.66. The largest absolute Gasteiger partial charge is 0.496 e. The molecular weight excluding hydrogens is 368 g/mol. The third kappa shape index (κ3) is 3.67. The minimum Gasteiger partial charge on any atom is -0.496 e. The summed E-state index contributed by atoms with van der Waals surface area (Å²) < 4.78 is 10.7. The van der Waals surface area contributed by atoms with Crippen molar-refractivity contribution >= 4 is 11.8 Å². The molecule has 0 spiro atoms. The molecule has 1 aliphatic heterocycles. The van der Waals surface area contributed by atoms with E-state index in [0.717, 1.165) is 19.3 Å². The predicted octanol–water partition coefficient (Wildman–Crippen LogP) is 3.52. The van der Waals surface area contributed by atoms with Gasteiger partial charge >= 0.3 is 0 Å². The lowest BCUT2D eigenvalue weighted by atomic mass is 9.65. The number of methoxy groups -OCH3 is 2. The number of amides is 1. The Labute approximate surface area is 170 Å². The van der Waals surface area contributed by atoms with Gasteiger partial charge in [-0.3, -0.25) is 4.79 Å². The molecule has 1 aliphatic carbocycles. The van der Waals surface area contributed by atoms with Gasteiger partial charge in [-0.15, -0.1) is 0 Å². The predicted molar refractivity (Wildman–Crippen MR) is 110 cm³/mol. The average Bonchev–Trinajstić information content (AvgIpc) is 3.20. The Bertz CT molecular complexity index is 899. The third-order valence-electron chi connectivity index (χ3n) is 6.10. The first-order chi connectivity index (χ1) is 14.2. The Kier molecular flexibility index (Phi) is 5.43. The molecule has 29 heavy (non-hydrogen) atoms. The zero-order chi connectivity index (χ0) is 20.3. The van der Waals surface area contributed by atoms with Gasteiger partial charge < -0.3 is 19.6 Å². The molecule has 0 radical (unpaired) electrons. The van der Waals surface area contributed by atoms with Crippen LogP contribution in [-0.2, 0) is 15.0 Å². The fraction of sp³-hybridized carbons (Fsp3) is 0.391. The van der Waals surface area contributed by atoms with Crippen LogP contribution in [0.25, 0.3) is 0 Å². The first-order valence-corrected chi connectivity index (χ1v) is 9.91. The quantitative estimate of drug-likeness (QED) is 0.842. The Balaban J connectivity index is 1.56. The summed E-state index contributed by atoms with van der Waals surface area (Å²) in [5.74, 6) is 1.29. The van der Waals surface area contributed by atoms with Crippen molar-refractivity contribution in [2.75, 3.05) is 20.8 Å². The highest BCUT2D eigenvalue weighted by atomic mass is 16.7. The van der Waals surface area contributed by atoms with E-state index in [1.807, 2.05) is 30.3 Å². The van der Waals surface area contributed by atoms with Crippen LogP contribution in [0.5, 0.6) is 5.75 Å². The molecule has 2 aliphatic rings. The molecule has 1 heterocycles. The maximum Gasteiger partial charge on any atom is 0.255 e. The zero-order valence-electron chi connectivity index (χ0n) is 16.8. The van der Waals surface area contributed by atoms with E-state index in [1.165, 1.54) is 5.56 Å². The lowest BCUT2D eigenvalue weighted by Gasteiger charge is -2.41. The van der Waals surface area contributed by atoms with Gasteiger partial charge in [0.15, 0.2) is 0 Å². The van der Waals surface area contributed by atoms with Gasteiger partial charge in [-0.25, -0.2) is 0 Å². The Hall–Kier alpha value is -3.02. The van der Waals surface area contributed by atoms with E-state index in [-0.39, 0.29) is 23.3 Å². The van der Waals surface area contributed by atoms with E-state index >= 15 is 0 Å². The number of carbonyl (C=O) groups is 1. The summed E-state index contributed by atoms with van der Waals surface area (Å²) in [6.45, 7) is 0.517. The van der Waals surface area contributed by atoms with Crippen LogP contribution in [0, 0.1) is 5.92 Å². The van der Waals surface area contributed by atoms with Crippen molar-refractivity contribution in [1.29, 1.82) is 0 Å². The molecule has 4 rings (SSSR count). The fourth-order valence-electron chi connectivity index (χ4n) is 4.51. The summed E-state index contributed by atoms with van der Waals surface area (Å²) >= 11 is 0. The monoisotopic (exact) mass is 394 g/mol. The van der Waals surface area contributed by atoms with E-state index in [1.54, 1.807) is 26.4 Å². The highest BCUT2D eigenvalue weighted by molar-refractivity contribution is 5.97. The lowest BCUT2D eigenvalue weighted by molar-refractivity contribution is 0.0118. The van der Waals surface area contributed by atoms with Gasteiger partial charge in [-0.1, -0.05) is 47.6 Å². The number of hydrogen-bond acceptors (Lipinski definition) is 5. The van der Waals surface area contributed by atoms with E-state index in [4.69, 9.17) is 14.3 Å². The van der Waals surface area contributed by atoms with Crippen molar-refractivity contribution in [2.45, 2.75) is 30.8 Å². The molecule has 0 bridgehead atoms. The summed E-state index contributed by atoms with van der Waals surface area (Å²) in [5, 5.41) is 7.26. The van der Waals surface area contributed by atoms with Gasteiger partial charge in [0.25, 0.3) is 5.91 Å². The van der Waals surface area contributed by atoms with Crippen molar-refractivity contribution in [3.63, 3.8) is 0 Å². The van der Waals surface area contributed by atoms with Crippen molar-refractivity contribution < 1.29 is 19.1 Å². The van der Waals surface area contributed by atoms with E-state index in [2.05, 4.69) is 22.6 Å². The summed E-state index contributed by atoms with van der Waals surface area (Å²) in [4.78, 5) is 18.6. The maximum absolute atomic E-state index is 12.9. The SMILES string of the molecule is COC1=NO[C@H]2C[C@@](CNC(=O)c3ccccc3OC)(c3ccccc3)CCC12. The number of hydrogen-bond donors (Lipinski definition) is 1. The molecule has 2 aromatic rings. The van der Waals surface area contributed by atoms with Crippen LogP contribution in [-0.4, -0.2) is 38.7 Å². The van der Waals surface area contributed by atoms with E-state index in [9.17, 15) is 4.79 Å². The summed E-state index contributed by atoms with van der Waals surface area (Å²) in [6, 6.07) is 17.6. The van der Waals surface area contributed by atoms with Crippen LogP contribution in [0.4, 0.5) is 0 Å².